The molecule has 0 aliphatic heterocycles. The van der Waals surface area contributed by atoms with Gasteiger partial charge in [-0.3, -0.25) is 4.79 Å². The first-order valence-corrected chi connectivity index (χ1v) is 8.47. The highest BCUT2D eigenvalue weighted by Crippen LogP contribution is 2.27. The van der Waals surface area contributed by atoms with Crippen LogP contribution in [0.3, 0.4) is 0 Å². The van der Waals surface area contributed by atoms with Crippen molar-refractivity contribution in [2.24, 2.45) is 5.10 Å². The van der Waals surface area contributed by atoms with Gasteiger partial charge in [0.1, 0.15) is 12.4 Å². The average Bonchev–Trinajstić information content (AvgIpc) is 2.67. The molecule has 0 unspecified atom stereocenters. The van der Waals surface area contributed by atoms with E-state index in [4.69, 9.17) is 14.2 Å². The van der Waals surface area contributed by atoms with Crippen molar-refractivity contribution in [3.63, 3.8) is 0 Å². The molecule has 2 rings (SSSR count). The van der Waals surface area contributed by atoms with Crippen LogP contribution in [0.25, 0.3) is 0 Å². The number of nitrogens with zero attached hydrogens (tertiary/aromatic N) is 1. The van der Waals surface area contributed by atoms with Gasteiger partial charge in [0.05, 0.1) is 13.3 Å². The predicted molar refractivity (Wildman–Crippen MR) is 106 cm³/mol. The molecule has 2 aromatic carbocycles. The maximum atomic E-state index is 11.9. The number of nitrogens with one attached hydrogen (secondary N) is 1. The molecule has 1 N–H and O–H groups in total. The van der Waals surface area contributed by atoms with E-state index in [1.54, 1.807) is 25.3 Å². The van der Waals surface area contributed by atoms with Crippen molar-refractivity contribution in [2.45, 2.75) is 13.8 Å². The lowest BCUT2D eigenvalue weighted by atomic mass is 10.1. The number of hydrogen-bond donors (Lipinski definition) is 1. The Morgan fingerprint density at radius 3 is 2.67 bits per heavy atom. The van der Waals surface area contributed by atoms with E-state index in [1.807, 2.05) is 38.1 Å². The molecule has 0 bridgehead atoms. The molecule has 0 saturated heterocycles. The fourth-order valence-electron chi connectivity index (χ4n) is 2.25. The van der Waals surface area contributed by atoms with E-state index in [1.165, 1.54) is 6.21 Å². The van der Waals surface area contributed by atoms with Crippen molar-refractivity contribution in [2.75, 3.05) is 20.3 Å². The first-order valence-electron chi connectivity index (χ1n) is 8.47. The molecule has 0 heterocycles. The number of ether oxygens (including phenoxy) is 3. The zero-order valence-electron chi connectivity index (χ0n) is 15.8. The second-order valence-electron chi connectivity index (χ2n) is 5.86. The molecule has 0 aliphatic carbocycles. The Labute approximate surface area is 159 Å². The van der Waals surface area contributed by atoms with Gasteiger partial charge < -0.3 is 14.2 Å². The number of amides is 1. The summed E-state index contributed by atoms with van der Waals surface area (Å²) in [4.78, 5) is 11.9. The molecule has 0 aliphatic rings. The summed E-state index contributed by atoms with van der Waals surface area (Å²) in [6.45, 7) is 7.79. The van der Waals surface area contributed by atoms with Crippen molar-refractivity contribution in [3.8, 4) is 17.2 Å². The van der Waals surface area contributed by atoms with Crippen LogP contribution in [0.2, 0.25) is 0 Å². The van der Waals surface area contributed by atoms with Crippen LogP contribution < -0.4 is 19.6 Å². The monoisotopic (exact) mass is 368 g/mol. The summed E-state index contributed by atoms with van der Waals surface area (Å²) in [5, 5.41) is 3.94. The highest BCUT2D eigenvalue weighted by molar-refractivity contribution is 5.83. The third-order valence-electron chi connectivity index (χ3n) is 3.65. The van der Waals surface area contributed by atoms with Crippen LogP contribution in [0, 0.1) is 13.8 Å². The largest absolute Gasteiger partial charge is 0.493 e. The van der Waals surface area contributed by atoms with Crippen molar-refractivity contribution >= 4 is 12.1 Å². The van der Waals surface area contributed by atoms with Crippen LogP contribution in [0.4, 0.5) is 0 Å². The number of carbonyl (C=O) groups excluding carboxylic acids is 1. The molecular formula is C21H24N2O4. The lowest BCUT2D eigenvalue weighted by molar-refractivity contribution is -0.123. The van der Waals surface area contributed by atoms with Crippen LogP contribution in [0.5, 0.6) is 17.2 Å². The zero-order valence-corrected chi connectivity index (χ0v) is 15.8. The first kappa shape index (κ1) is 20.0. The van der Waals surface area contributed by atoms with Crippen LogP contribution in [0.15, 0.2) is 54.2 Å². The highest BCUT2D eigenvalue weighted by atomic mass is 16.5. The number of carbonyl (C=O) groups is 1. The Bertz CT molecular complexity index is 831. The number of benzene rings is 2. The molecule has 0 fully saturated rings. The number of hydrazone groups is 1. The van der Waals surface area contributed by atoms with Gasteiger partial charge >= 0.3 is 0 Å². The maximum absolute atomic E-state index is 11.9. The van der Waals surface area contributed by atoms with Gasteiger partial charge in [-0.2, -0.15) is 5.10 Å². The molecule has 27 heavy (non-hydrogen) atoms. The molecule has 142 valence electrons. The zero-order chi connectivity index (χ0) is 19.6. The van der Waals surface area contributed by atoms with E-state index < -0.39 is 0 Å². The van der Waals surface area contributed by atoms with Gasteiger partial charge in [0.2, 0.25) is 0 Å². The lowest BCUT2D eigenvalue weighted by Gasteiger charge is -2.10. The standard InChI is InChI=1S/C21H24N2O4/c1-5-10-26-18-9-8-17(12-20(18)25-4)13-22-23-21(24)14-27-19-11-15(2)6-7-16(19)3/h5-9,11-13H,1,10,14H2,2-4H3,(H,23,24). The quantitative estimate of drug-likeness (QED) is 0.418. The molecule has 2 aromatic rings. The minimum absolute atomic E-state index is 0.112. The Kier molecular flexibility index (Phi) is 7.43. The van der Waals surface area contributed by atoms with E-state index >= 15 is 0 Å². The Morgan fingerprint density at radius 2 is 1.93 bits per heavy atom. The number of aryl methyl sites for hydroxylation is 2. The van der Waals surface area contributed by atoms with Gasteiger partial charge in [-0.25, -0.2) is 5.43 Å². The minimum atomic E-state index is -0.343. The third kappa shape index (κ3) is 6.18. The van der Waals surface area contributed by atoms with Crippen molar-refractivity contribution in [1.82, 2.24) is 5.43 Å². The molecule has 1 amide bonds. The van der Waals surface area contributed by atoms with E-state index in [-0.39, 0.29) is 12.5 Å². The summed E-state index contributed by atoms with van der Waals surface area (Å²) in [7, 11) is 1.56. The van der Waals surface area contributed by atoms with Gasteiger partial charge in [-0.05, 0) is 54.8 Å². The van der Waals surface area contributed by atoms with E-state index in [9.17, 15) is 4.79 Å². The summed E-state index contributed by atoms with van der Waals surface area (Å²) in [5.41, 5.74) is 5.25. The fourth-order valence-corrected chi connectivity index (χ4v) is 2.25. The van der Waals surface area contributed by atoms with Gasteiger partial charge in [0, 0.05) is 0 Å². The summed E-state index contributed by atoms with van der Waals surface area (Å²) >= 11 is 0. The first-order chi connectivity index (χ1) is 13.0. The van der Waals surface area contributed by atoms with Crippen LogP contribution in [-0.4, -0.2) is 32.4 Å². The molecule has 0 saturated carbocycles. The lowest BCUT2D eigenvalue weighted by Crippen LogP contribution is -2.24. The number of hydrogen-bond acceptors (Lipinski definition) is 5. The topological polar surface area (TPSA) is 69.2 Å². The second-order valence-corrected chi connectivity index (χ2v) is 5.86. The molecule has 6 heteroatoms. The summed E-state index contributed by atoms with van der Waals surface area (Å²) < 4.78 is 16.3. The van der Waals surface area contributed by atoms with Crippen LogP contribution >= 0.6 is 0 Å². The van der Waals surface area contributed by atoms with Crippen molar-refractivity contribution in [1.29, 1.82) is 0 Å². The predicted octanol–water partition coefficient (Wildman–Crippen LogP) is 3.41. The van der Waals surface area contributed by atoms with Gasteiger partial charge in [-0.15, -0.1) is 0 Å². The summed E-state index contributed by atoms with van der Waals surface area (Å²) in [6.07, 6.45) is 3.18. The Balaban J connectivity index is 1.89. The molecule has 0 spiro atoms. The highest BCUT2D eigenvalue weighted by Gasteiger charge is 2.06. The Morgan fingerprint density at radius 1 is 1.11 bits per heavy atom. The molecule has 6 nitrogen and oxygen atoms in total. The van der Waals surface area contributed by atoms with E-state index in [2.05, 4.69) is 17.1 Å². The number of rotatable bonds is 9. The van der Waals surface area contributed by atoms with Gasteiger partial charge in [0.15, 0.2) is 18.1 Å². The van der Waals surface area contributed by atoms with Gasteiger partial charge in [0.25, 0.3) is 5.91 Å². The Hall–Kier alpha value is -3.28. The normalized spacial score (nSPS) is 10.5. The SMILES string of the molecule is C=CCOc1ccc(C=NNC(=O)COc2cc(C)ccc2C)cc1OC. The van der Waals surface area contributed by atoms with Gasteiger partial charge in [-0.1, -0.05) is 24.8 Å². The molecule has 0 aromatic heterocycles. The van der Waals surface area contributed by atoms with Crippen molar-refractivity contribution < 1.29 is 19.0 Å². The summed E-state index contributed by atoms with van der Waals surface area (Å²) in [6, 6.07) is 11.2. The van der Waals surface area contributed by atoms with Crippen LogP contribution in [0.1, 0.15) is 16.7 Å². The summed E-state index contributed by atoms with van der Waals surface area (Å²) in [5.74, 6) is 1.53. The molecule has 0 radical (unpaired) electrons. The molecule has 0 atom stereocenters. The third-order valence-corrected chi connectivity index (χ3v) is 3.65. The minimum Gasteiger partial charge on any atom is -0.493 e. The fraction of sp³-hybridized carbons (Fsp3) is 0.238. The van der Waals surface area contributed by atoms with Crippen molar-refractivity contribution in [3.05, 3.63) is 65.7 Å². The smallest absolute Gasteiger partial charge is 0.277 e. The maximum Gasteiger partial charge on any atom is 0.277 e. The van der Waals surface area contributed by atoms with E-state index in [0.29, 0.717) is 23.9 Å². The average molecular weight is 368 g/mol. The second kappa shape index (κ2) is 10.0. The molecular weight excluding hydrogens is 344 g/mol. The number of methoxy groups -OCH3 is 1. The van der Waals surface area contributed by atoms with Crippen LogP contribution in [-0.2, 0) is 4.79 Å². The van der Waals surface area contributed by atoms with E-state index in [0.717, 1.165) is 16.7 Å².